The average Bonchev–Trinajstić information content (AvgIpc) is 3.27. The molecule has 0 unspecified atom stereocenters. The molecule has 2 aliphatic heterocycles. The molecule has 0 aliphatic carbocycles. The van der Waals surface area contributed by atoms with E-state index >= 15 is 0 Å². The van der Waals surface area contributed by atoms with E-state index in [2.05, 4.69) is 110 Å². The number of benzene rings is 4. The van der Waals surface area contributed by atoms with Crippen LogP contribution < -0.4 is 0 Å². The molecule has 0 spiro atoms. The third-order valence-electron chi connectivity index (χ3n) is 13.7. The molecule has 0 saturated carbocycles. The van der Waals surface area contributed by atoms with Gasteiger partial charge in [-0.1, -0.05) is 176 Å². The minimum atomic E-state index is -1.86. The molecule has 0 radical (unpaired) electrons. The fraction of sp³-hybridized carbons (Fsp3) is 0.500. The molecular formula is C52H75ClN2O6Si2. The Morgan fingerprint density at radius 1 is 0.571 bits per heavy atom. The van der Waals surface area contributed by atoms with Crippen LogP contribution in [-0.2, 0) is 37.9 Å². The fourth-order valence-electron chi connectivity index (χ4n) is 7.03. The first-order valence-corrected chi connectivity index (χ1v) is 29.5. The highest BCUT2D eigenvalue weighted by Gasteiger charge is 2.43. The summed E-state index contributed by atoms with van der Waals surface area (Å²) in [4.78, 5) is 28.5. The fourth-order valence-corrected chi connectivity index (χ4v) is 8.10. The second-order valence-corrected chi connectivity index (χ2v) is 32.4. The van der Waals surface area contributed by atoms with Gasteiger partial charge in [0.05, 0.1) is 6.61 Å². The molecule has 2 fully saturated rings. The Kier molecular flexibility index (Phi) is 18.7. The van der Waals surface area contributed by atoms with Gasteiger partial charge in [0.2, 0.25) is 0 Å². The second kappa shape index (κ2) is 22.8. The molecule has 4 aromatic rings. The van der Waals surface area contributed by atoms with Gasteiger partial charge in [0.15, 0.2) is 15.7 Å². The Balaban J connectivity index is 0.000000241. The predicted octanol–water partition coefficient (Wildman–Crippen LogP) is 13.0. The van der Waals surface area contributed by atoms with Crippen molar-refractivity contribution in [2.24, 2.45) is 0 Å². The quantitative estimate of drug-likeness (QED) is 0.126. The Morgan fingerprint density at radius 2 is 0.889 bits per heavy atom. The van der Waals surface area contributed by atoms with Crippen molar-refractivity contribution in [3.8, 4) is 0 Å². The van der Waals surface area contributed by atoms with Crippen LogP contribution in [0.15, 0.2) is 121 Å². The van der Waals surface area contributed by atoms with E-state index in [0.717, 1.165) is 42.4 Å². The molecule has 6 rings (SSSR count). The summed E-state index contributed by atoms with van der Waals surface area (Å²) in [6.07, 6.45) is 2.74. The standard InChI is InChI=1S/C26H37NO3Si.C20H23NO3.C6H15ClSi/c1-25(2,3)31(4,5)30-21-26(23-14-10-7-11-15-23)16-18-27(19-17-26)24(28)29-20-22-12-8-6-9-13-22;22-16-20(18-9-5-2-6-10-18)11-13-21(14-12-20)19(23)24-15-17-7-3-1-4-8-17;1-6(2,3)8(4,5)7/h6-15H,16-21H2,1-5H3;1-10,22H,11-16H2;1-5H3. The van der Waals surface area contributed by atoms with Gasteiger partial charge in [-0.3, -0.25) is 0 Å². The SMILES string of the molecule is CC(C)(C)[Si](C)(C)Cl.CC(C)(C)[Si](C)(C)OCC1(c2ccccc2)CCN(C(=O)OCc2ccccc2)CC1.O=C(OCc1ccccc1)N1CCC(CO)(c2ccccc2)CC1. The Bertz CT molecular complexity index is 1940. The maximum Gasteiger partial charge on any atom is 0.410 e. The first-order valence-electron chi connectivity index (χ1n) is 22.6. The number of aliphatic hydroxyl groups is 1. The van der Waals surface area contributed by atoms with Crippen LogP contribution >= 0.6 is 11.1 Å². The zero-order valence-electron chi connectivity index (χ0n) is 39.8. The van der Waals surface area contributed by atoms with Gasteiger partial charge in [0, 0.05) is 43.6 Å². The van der Waals surface area contributed by atoms with E-state index in [1.165, 1.54) is 5.56 Å². The number of aliphatic hydroxyl groups excluding tert-OH is 1. The molecule has 63 heavy (non-hydrogen) atoms. The third kappa shape index (κ3) is 15.1. The van der Waals surface area contributed by atoms with Gasteiger partial charge in [-0.15, -0.1) is 0 Å². The highest BCUT2D eigenvalue weighted by Crippen LogP contribution is 2.42. The molecule has 2 heterocycles. The van der Waals surface area contributed by atoms with Crippen molar-refractivity contribution in [1.29, 1.82) is 0 Å². The van der Waals surface area contributed by atoms with Crippen molar-refractivity contribution in [2.45, 2.75) is 128 Å². The number of amides is 2. The number of hydrogen-bond donors (Lipinski definition) is 1. The van der Waals surface area contributed by atoms with Gasteiger partial charge in [-0.2, -0.15) is 11.1 Å². The molecule has 4 aromatic carbocycles. The van der Waals surface area contributed by atoms with Gasteiger partial charge in [0.1, 0.15) is 13.2 Å². The number of ether oxygens (including phenoxy) is 2. The number of rotatable bonds is 10. The van der Waals surface area contributed by atoms with Crippen LogP contribution in [-0.4, -0.2) is 82.2 Å². The van der Waals surface area contributed by atoms with E-state index in [9.17, 15) is 14.7 Å². The molecule has 2 saturated heterocycles. The molecule has 344 valence electrons. The summed E-state index contributed by atoms with van der Waals surface area (Å²) in [6, 6.07) is 40.3. The van der Waals surface area contributed by atoms with Crippen molar-refractivity contribution >= 4 is 39.0 Å². The van der Waals surface area contributed by atoms with Crippen molar-refractivity contribution in [1.82, 2.24) is 9.80 Å². The van der Waals surface area contributed by atoms with Crippen LogP contribution in [0.4, 0.5) is 9.59 Å². The van der Waals surface area contributed by atoms with Crippen LogP contribution in [0.3, 0.4) is 0 Å². The van der Waals surface area contributed by atoms with Crippen LogP contribution in [0.5, 0.6) is 0 Å². The van der Waals surface area contributed by atoms with E-state index in [0.29, 0.717) is 51.0 Å². The average molecular weight is 916 g/mol. The molecule has 2 amide bonds. The molecule has 0 bridgehead atoms. The van der Waals surface area contributed by atoms with E-state index < -0.39 is 15.7 Å². The number of halogens is 1. The normalized spacial score (nSPS) is 16.4. The highest BCUT2D eigenvalue weighted by atomic mass is 35.6. The lowest BCUT2D eigenvalue weighted by Gasteiger charge is -2.45. The number of likely N-dealkylation sites (tertiary alicyclic amines) is 2. The van der Waals surface area contributed by atoms with E-state index in [-0.39, 0.29) is 34.7 Å². The Labute approximate surface area is 386 Å². The van der Waals surface area contributed by atoms with E-state index in [4.69, 9.17) is 25.0 Å². The van der Waals surface area contributed by atoms with Gasteiger partial charge in [0.25, 0.3) is 0 Å². The lowest BCUT2D eigenvalue weighted by molar-refractivity contribution is 0.0636. The zero-order valence-corrected chi connectivity index (χ0v) is 42.5. The number of carbonyl (C=O) groups excluding carboxylic acids is 2. The van der Waals surface area contributed by atoms with Crippen molar-refractivity contribution < 1.29 is 28.6 Å². The van der Waals surface area contributed by atoms with Crippen LogP contribution in [0, 0.1) is 0 Å². The Hall–Kier alpha value is -3.94. The zero-order chi connectivity index (χ0) is 46.4. The number of carbonyl (C=O) groups is 2. The summed E-state index contributed by atoms with van der Waals surface area (Å²) in [5.41, 5.74) is 4.13. The lowest BCUT2D eigenvalue weighted by atomic mass is 9.73. The second-order valence-electron chi connectivity index (χ2n) is 20.3. The summed E-state index contributed by atoms with van der Waals surface area (Å²) in [5, 5.41) is 10.5. The van der Waals surface area contributed by atoms with Crippen molar-refractivity contribution in [2.75, 3.05) is 39.4 Å². The third-order valence-corrected chi connectivity index (χ3v) is 23.5. The smallest absolute Gasteiger partial charge is 0.410 e. The van der Waals surface area contributed by atoms with Gasteiger partial charge >= 0.3 is 12.2 Å². The van der Waals surface area contributed by atoms with Gasteiger partial charge in [-0.25, -0.2) is 9.59 Å². The highest BCUT2D eigenvalue weighted by molar-refractivity contribution is 7.20. The minimum Gasteiger partial charge on any atom is -0.445 e. The lowest BCUT2D eigenvalue weighted by Crippen LogP contribution is -2.50. The molecule has 11 heteroatoms. The first-order chi connectivity index (χ1) is 29.6. The monoisotopic (exact) mass is 914 g/mol. The maximum atomic E-state index is 12.6. The number of nitrogens with zero attached hydrogens (tertiary/aromatic N) is 2. The summed E-state index contributed by atoms with van der Waals surface area (Å²) in [6.45, 7) is 26.4. The largest absolute Gasteiger partial charge is 0.445 e. The van der Waals surface area contributed by atoms with Gasteiger partial charge in [-0.05, 0) is 71.1 Å². The summed E-state index contributed by atoms with van der Waals surface area (Å²) >= 11 is 6.15. The van der Waals surface area contributed by atoms with Crippen molar-refractivity contribution in [3.63, 3.8) is 0 Å². The van der Waals surface area contributed by atoms with Crippen LogP contribution in [0.25, 0.3) is 0 Å². The topological polar surface area (TPSA) is 88.5 Å². The summed E-state index contributed by atoms with van der Waals surface area (Å²) < 4.78 is 17.7. The molecule has 2 aliphatic rings. The van der Waals surface area contributed by atoms with Gasteiger partial charge < -0.3 is 28.8 Å². The molecular weight excluding hydrogens is 840 g/mol. The number of hydrogen-bond acceptors (Lipinski definition) is 6. The summed E-state index contributed by atoms with van der Waals surface area (Å²) in [7, 11) is -3.25. The van der Waals surface area contributed by atoms with E-state index in [1.54, 1.807) is 4.90 Å². The minimum absolute atomic E-state index is 0.0625. The maximum absolute atomic E-state index is 12.6. The molecule has 0 atom stereocenters. The van der Waals surface area contributed by atoms with E-state index in [1.807, 2.05) is 83.8 Å². The Morgan fingerprint density at radius 3 is 1.21 bits per heavy atom. The number of piperidine rings is 2. The van der Waals surface area contributed by atoms with Crippen LogP contribution in [0.1, 0.15) is 89.5 Å². The molecule has 1 N–H and O–H groups in total. The van der Waals surface area contributed by atoms with Crippen molar-refractivity contribution in [3.05, 3.63) is 144 Å². The molecule has 8 nitrogen and oxygen atoms in total. The first kappa shape index (κ1) is 51.7. The summed E-state index contributed by atoms with van der Waals surface area (Å²) in [5.74, 6) is 0. The molecule has 0 aromatic heterocycles. The van der Waals surface area contributed by atoms with Crippen LogP contribution in [0.2, 0.25) is 36.3 Å². The predicted molar refractivity (Wildman–Crippen MR) is 264 cm³/mol.